The Labute approximate surface area is 127 Å². The largest absolute Gasteiger partial charge is 0.481 e. The average molecular weight is 296 g/mol. The molecule has 1 saturated carbocycles. The number of carbonyl (C=O) groups is 2. The number of carbonyl (C=O) groups excluding carboxylic acids is 1. The Morgan fingerprint density at radius 1 is 1.14 bits per heavy atom. The fourth-order valence-electron chi connectivity index (χ4n) is 3.94. The summed E-state index contributed by atoms with van der Waals surface area (Å²) in [7, 11) is 0. The van der Waals surface area contributed by atoms with Gasteiger partial charge in [-0.3, -0.25) is 4.79 Å². The molecule has 2 aliphatic rings. The SMILES string of the molecule is CC1CC(C)CN(C(=O)NCC2CCCCC2C(=O)O)C1. The topological polar surface area (TPSA) is 69.6 Å². The van der Waals surface area contributed by atoms with E-state index in [4.69, 9.17) is 0 Å². The van der Waals surface area contributed by atoms with E-state index in [-0.39, 0.29) is 17.9 Å². The van der Waals surface area contributed by atoms with E-state index >= 15 is 0 Å². The average Bonchev–Trinajstić information content (AvgIpc) is 2.43. The fraction of sp³-hybridized carbons (Fsp3) is 0.875. The monoisotopic (exact) mass is 296 g/mol. The van der Waals surface area contributed by atoms with Crippen LogP contribution < -0.4 is 5.32 Å². The van der Waals surface area contributed by atoms with E-state index in [2.05, 4.69) is 19.2 Å². The summed E-state index contributed by atoms with van der Waals surface area (Å²) in [6, 6.07) is -0.0249. The molecule has 1 saturated heterocycles. The number of hydrogen-bond acceptors (Lipinski definition) is 2. The highest BCUT2D eigenvalue weighted by atomic mass is 16.4. The van der Waals surface area contributed by atoms with Crippen molar-refractivity contribution in [1.82, 2.24) is 10.2 Å². The highest BCUT2D eigenvalue weighted by Crippen LogP contribution is 2.30. The van der Waals surface area contributed by atoms with Gasteiger partial charge in [-0.05, 0) is 37.0 Å². The molecule has 2 fully saturated rings. The highest BCUT2D eigenvalue weighted by Gasteiger charge is 2.32. The van der Waals surface area contributed by atoms with Gasteiger partial charge in [0, 0.05) is 19.6 Å². The summed E-state index contributed by atoms with van der Waals surface area (Å²) >= 11 is 0. The summed E-state index contributed by atoms with van der Waals surface area (Å²) in [4.78, 5) is 25.4. The molecule has 21 heavy (non-hydrogen) atoms. The zero-order chi connectivity index (χ0) is 15.4. The first-order chi connectivity index (χ1) is 9.97. The molecule has 5 heteroatoms. The molecule has 2 rings (SSSR count). The Morgan fingerprint density at radius 3 is 2.38 bits per heavy atom. The van der Waals surface area contributed by atoms with E-state index in [1.807, 2.05) is 4.90 Å². The summed E-state index contributed by atoms with van der Waals surface area (Å²) in [5.41, 5.74) is 0. The molecule has 5 nitrogen and oxygen atoms in total. The number of nitrogens with zero attached hydrogens (tertiary/aromatic N) is 1. The Balaban J connectivity index is 1.83. The number of aliphatic carboxylic acids is 1. The third-order valence-electron chi connectivity index (χ3n) is 4.90. The number of carboxylic acids is 1. The molecule has 0 aromatic carbocycles. The highest BCUT2D eigenvalue weighted by molar-refractivity contribution is 5.74. The molecule has 0 bridgehead atoms. The molecular formula is C16H28N2O3. The lowest BCUT2D eigenvalue weighted by molar-refractivity contribution is -0.144. The van der Waals surface area contributed by atoms with E-state index in [0.29, 0.717) is 18.4 Å². The van der Waals surface area contributed by atoms with Crippen molar-refractivity contribution in [2.45, 2.75) is 46.0 Å². The summed E-state index contributed by atoms with van der Waals surface area (Å²) in [5, 5.41) is 12.2. The second kappa shape index (κ2) is 7.14. The number of piperidine rings is 1. The first-order valence-electron chi connectivity index (χ1n) is 8.23. The van der Waals surface area contributed by atoms with E-state index in [0.717, 1.165) is 38.8 Å². The van der Waals surface area contributed by atoms with Crippen LogP contribution >= 0.6 is 0 Å². The predicted molar refractivity (Wildman–Crippen MR) is 81.0 cm³/mol. The van der Waals surface area contributed by atoms with Crippen LogP contribution in [0.1, 0.15) is 46.0 Å². The Hall–Kier alpha value is -1.26. The van der Waals surface area contributed by atoms with Gasteiger partial charge in [-0.15, -0.1) is 0 Å². The maximum atomic E-state index is 12.3. The van der Waals surface area contributed by atoms with E-state index in [9.17, 15) is 14.7 Å². The number of amides is 2. The van der Waals surface area contributed by atoms with Gasteiger partial charge < -0.3 is 15.3 Å². The first kappa shape index (κ1) is 16.1. The molecular weight excluding hydrogens is 268 g/mol. The van der Waals surface area contributed by atoms with E-state index < -0.39 is 5.97 Å². The van der Waals surface area contributed by atoms with Gasteiger partial charge in [-0.25, -0.2) is 4.79 Å². The summed E-state index contributed by atoms with van der Waals surface area (Å²) < 4.78 is 0. The number of rotatable bonds is 3. The third-order valence-corrected chi connectivity index (χ3v) is 4.90. The van der Waals surface area contributed by atoms with Crippen LogP contribution in [-0.4, -0.2) is 41.6 Å². The second-order valence-corrected chi connectivity index (χ2v) is 7.03. The quantitative estimate of drug-likeness (QED) is 0.841. The van der Waals surface area contributed by atoms with Crippen molar-refractivity contribution in [2.75, 3.05) is 19.6 Å². The summed E-state index contributed by atoms with van der Waals surface area (Å²) in [6.07, 6.45) is 4.88. The van der Waals surface area contributed by atoms with Gasteiger partial charge in [0.1, 0.15) is 0 Å². The lowest BCUT2D eigenvalue weighted by atomic mass is 9.79. The number of nitrogens with one attached hydrogen (secondary N) is 1. The van der Waals surface area contributed by atoms with Crippen molar-refractivity contribution in [3.63, 3.8) is 0 Å². The van der Waals surface area contributed by atoms with Crippen LogP contribution in [0.25, 0.3) is 0 Å². The predicted octanol–water partition coefficient (Wildman–Crippen LogP) is 2.56. The zero-order valence-corrected chi connectivity index (χ0v) is 13.2. The van der Waals surface area contributed by atoms with Crippen molar-refractivity contribution in [1.29, 1.82) is 0 Å². The first-order valence-corrected chi connectivity index (χ1v) is 8.23. The van der Waals surface area contributed by atoms with Crippen LogP contribution in [0, 0.1) is 23.7 Å². The lowest BCUT2D eigenvalue weighted by Gasteiger charge is -2.36. The molecule has 0 spiro atoms. The number of likely N-dealkylation sites (tertiary alicyclic amines) is 1. The smallest absolute Gasteiger partial charge is 0.317 e. The van der Waals surface area contributed by atoms with Crippen LogP contribution in [0.4, 0.5) is 4.79 Å². The maximum Gasteiger partial charge on any atom is 0.317 e. The minimum absolute atomic E-state index is 0.0249. The fourth-order valence-corrected chi connectivity index (χ4v) is 3.94. The van der Waals surface area contributed by atoms with E-state index in [1.54, 1.807) is 0 Å². The van der Waals surface area contributed by atoms with Crippen LogP contribution in [0.3, 0.4) is 0 Å². The van der Waals surface area contributed by atoms with Crippen molar-refractivity contribution >= 4 is 12.0 Å². The second-order valence-electron chi connectivity index (χ2n) is 7.03. The molecule has 0 radical (unpaired) electrons. The lowest BCUT2D eigenvalue weighted by Crippen LogP contribution is -2.49. The molecule has 2 amide bonds. The van der Waals surface area contributed by atoms with E-state index in [1.165, 1.54) is 6.42 Å². The van der Waals surface area contributed by atoms with Crippen LogP contribution in [0.5, 0.6) is 0 Å². The van der Waals surface area contributed by atoms with Gasteiger partial charge in [0.25, 0.3) is 0 Å². The minimum Gasteiger partial charge on any atom is -0.481 e. The van der Waals surface area contributed by atoms with Crippen LogP contribution in [0.15, 0.2) is 0 Å². The van der Waals surface area contributed by atoms with Gasteiger partial charge in [-0.2, -0.15) is 0 Å². The normalized spacial score (nSPS) is 33.5. The van der Waals surface area contributed by atoms with Gasteiger partial charge in [-0.1, -0.05) is 26.7 Å². The van der Waals surface area contributed by atoms with Crippen molar-refractivity contribution in [3.8, 4) is 0 Å². The molecule has 0 aromatic heterocycles. The molecule has 120 valence electrons. The van der Waals surface area contributed by atoms with Gasteiger partial charge >= 0.3 is 12.0 Å². The molecule has 4 atom stereocenters. The number of carboxylic acid groups (broad SMARTS) is 1. The molecule has 0 aromatic rings. The third kappa shape index (κ3) is 4.35. The van der Waals surface area contributed by atoms with Gasteiger partial charge in [0.15, 0.2) is 0 Å². The molecule has 2 N–H and O–H groups in total. The number of urea groups is 1. The molecule has 1 aliphatic carbocycles. The van der Waals surface area contributed by atoms with Crippen LogP contribution in [0.2, 0.25) is 0 Å². The maximum absolute atomic E-state index is 12.3. The zero-order valence-electron chi connectivity index (χ0n) is 13.2. The minimum atomic E-state index is -0.714. The summed E-state index contributed by atoms with van der Waals surface area (Å²) in [6.45, 7) is 6.47. The van der Waals surface area contributed by atoms with Crippen molar-refractivity contribution < 1.29 is 14.7 Å². The van der Waals surface area contributed by atoms with Gasteiger partial charge in [0.05, 0.1) is 5.92 Å². The number of hydrogen-bond donors (Lipinski definition) is 2. The standard InChI is InChI=1S/C16H28N2O3/c1-11-7-12(2)10-18(9-11)16(21)17-8-13-5-3-4-6-14(13)15(19)20/h11-14H,3-10H2,1-2H3,(H,17,21)(H,19,20). The summed E-state index contributed by atoms with van der Waals surface area (Å²) in [5.74, 6) is 0.161. The Bertz CT molecular complexity index is 376. The Morgan fingerprint density at radius 2 is 1.76 bits per heavy atom. The van der Waals surface area contributed by atoms with Gasteiger partial charge in [0.2, 0.25) is 0 Å². The molecule has 1 aliphatic heterocycles. The Kier molecular flexibility index (Phi) is 5.48. The van der Waals surface area contributed by atoms with Crippen molar-refractivity contribution in [3.05, 3.63) is 0 Å². The van der Waals surface area contributed by atoms with Crippen LogP contribution in [-0.2, 0) is 4.79 Å². The van der Waals surface area contributed by atoms with Crippen molar-refractivity contribution in [2.24, 2.45) is 23.7 Å². The molecule has 1 heterocycles. The molecule has 4 unspecified atom stereocenters.